The van der Waals surface area contributed by atoms with Gasteiger partial charge in [0, 0.05) is 23.1 Å². The topological polar surface area (TPSA) is 67.4 Å². The smallest absolute Gasteiger partial charge is 0.407 e. The molecule has 0 aromatic heterocycles. The first kappa shape index (κ1) is 17.5. The molecule has 2 amide bonds. The largest absolute Gasteiger partial charge is 0.444 e. The fraction of sp³-hybridized carbons (Fsp3) is 0.467. The van der Waals surface area contributed by atoms with Crippen molar-refractivity contribution < 1.29 is 14.3 Å². The summed E-state index contributed by atoms with van der Waals surface area (Å²) in [6, 6.07) is 7.13. The minimum atomic E-state index is -0.500. The molecule has 0 heterocycles. The van der Waals surface area contributed by atoms with Crippen LogP contribution in [0.4, 0.5) is 4.79 Å². The number of ether oxygens (including phenoxy) is 1. The standard InChI is InChI=1S/C15H21BrN2O3/c1-15(2,3)21-14(20)18-10-4-9-17-13(19)11-5-7-12(16)8-6-11/h5-8H,4,9-10H2,1-3H3,(H,17,19)(H,18,20). The summed E-state index contributed by atoms with van der Waals surface area (Å²) in [4.78, 5) is 23.2. The van der Waals surface area contributed by atoms with E-state index in [9.17, 15) is 9.59 Å². The van der Waals surface area contributed by atoms with E-state index in [1.54, 1.807) is 12.1 Å². The molecule has 0 aliphatic rings. The van der Waals surface area contributed by atoms with E-state index in [4.69, 9.17) is 4.74 Å². The summed E-state index contributed by atoms with van der Waals surface area (Å²) < 4.78 is 6.04. The number of carbonyl (C=O) groups excluding carboxylic acids is 2. The maximum atomic E-state index is 11.8. The summed E-state index contributed by atoms with van der Waals surface area (Å²) >= 11 is 3.32. The van der Waals surface area contributed by atoms with E-state index in [0.29, 0.717) is 25.1 Å². The molecular formula is C15H21BrN2O3. The summed E-state index contributed by atoms with van der Waals surface area (Å²) in [6.07, 6.45) is 0.198. The van der Waals surface area contributed by atoms with Crippen LogP contribution in [0.25, 0.3) is 0 Å². The fourth-order valence-electron chi connectivity index (χ4n) is 1.50. The molecule has 21 heavy (non-hydrogen) atoms. The van der Waals surface area contributed by atoms with E-state index in [1.807, 2.05) is 32.9 Å². The lowest BCUT2D eigenvalue weighted by molar-refractivity contribution is 0.0527. The molecular weight excluding hydrogens is 336 g/mol. The highest BCUT2D eigenvalue weighted by molar-refractivity contribution is 9.10. The van der Waals surface area contributed by atoms with E-state index < -0.39 is 11.7 Å². The van der Waals surface area contributed by atoms with Crippen molar-refractivity contribution in [3.63, 3.8) is 0 Å². The molecule has 0 radical (unpaired) electrons. The van der Waals surface area contributed by atoms with E-state index in [2.05, 4.69) is 26.6 Å². The average Bonchev–Trinajstić information content (AvgIpc) is 2.36. The average molecular weight is 357 g/mol. The third kappa shape index (κ3) is 7.70. The molecule has 6 heteroatoms. The quantitative estimate of drug-likeness (QED) is 0.796. The Morgan fingerprint density at radius 1 is 1.10 bits per heavy atom. The Kier molecular flexibility index (Phi) is 6.68. The molecule has 5 nitrogen and oxygen atoms in total. The molecule has 0 saturated carbocycles. The maximum absolute atomic E-state index is 11.8. The molecule has 0 atom stereocenters. The number of amides is 2. The lowest BCUT2D eigenvalue weighted by atomic mass is 10.2. The normalized spacial score (nSPS) is 10.9. The van der Waals surface area contributed by atoms with Crippen molar-refractivity contribution in [3.05, 3.63) is 34.3 Å². The lowest BCUT2D eigenvalue weighted by Crippen LogP contribution is -2.34. The van der Waals surface area contributed by atoms with Gasteiger partial charge < -0.3 is 15.4 Å². The number of halogens is 1. The van der Waals surface area contributed by atoms with Gasteiger partial charge in [-0.1, -0.05) is 15.9 Å². The predicted octanol–water partition coefficient (Wildman–Crippen LogP) is 3.09. The fourth-order valence-corrected chi connectivity index (χ4v) is 1.76. The molecule has 1 aromatic rings. The maximum Gasteiger partial charge on any atom is 0.407 e. The SMILES string of the molecule is CC(C)(C)OC(=O)NCCCNC(=O)c1ccc(Br)cc1. The second-order valence-electron chi connectivity index (χ2n) is 5.55. The summed E-state index contributed by atoms with van der Waals surface area (Å²) in [7, 11) is 0. The zero-order valence-corrected chi connectivity index (χ0v) is 14.1. The number of hydrogen-bond donors (Lipinski definition) is 2. The number of rotatable bonds is 5. The molecule has 1 aromatic carbocycles. The van der Waals surface area contributed by atoms with Gasteiger partial charge in [0.05, 0.1) is 0 Å². The molecule has 1 rings (SSSR count). The van der Waals surface area contributed by atoms with Gasteiger partial charge in [-0.25, -0.2) is 4.79 Å². The molecule has 0 fully saturated rings. The van der Waals surface area contributed by atoms with Crippen molar-refractivity contribution in [2.45, 2.75) is 32.8 Å². The molecule has 0 unspecified atom stereocenters. The van der Waals surface area contributed by atoms with Crippen LogP contribution in [0.5, 0.6) is 0 Å². The Labute approximate surface area is 133 Å². The Morgan fingerprint density at radius 3 is 2.24 bits per heavy atom. The zero-order chi connectivity index (χ0) is 15.9. The van der Waals surface area contributed by atoms with E-state index in [-0.39, 0.29) is 5.91 Å². The molecule has 116 valence electrons. The summed E-state index contributed by atoms with van der Waals surface area (Å²) in [5, 5.41) is 5.44. The van der Waals surface area contributed by atoms with Crippen LogP contribution in [0.2, 0.25) is 0 Å². The van der Waals surface area contributed by atoms with Crippen LogP contribution in [0.15, 0.2) is 28.7 Å². The third-order valence-corrected chi connectivity index (χ3v) is 2.94. The number of nitrogens with one attached hydrogen (secondary N) is 2. The highest BCUT2D eigenvalue weighted by Crippen LogP contribution is 2.10. The van der Waals surface area contributed by atoms with Gasteiger partial charge in [0.15, 0.2) is 0 Å². The molecule has 0 aliphatic carbocycles. The minimum absolute atomic E-state index is 0.125. The number of hydrogen-bond acceptors (Lipinski definition) is 3. The third-order valence-electron chi connectivity index (χ3n) is 2.41. The number of alkyl carbamates (subject to hydrolysis) is 1. The first-order valence-corrected chi connectivity index (χ1v) is 7.58. The van der Waals surface area contributed by atoms with Gasteiger partial charge in [-0.2, -0.15) is 0 Å². The second kappa shape index (κ2) is 8.02. The monoisotopic (exact) mass is 356 g/mol. The minimum Gasteiger partial charge on any atom is -0.444 e. The summed E-state index contributed by atoms with van der Waals surface area (Å²) in [5.74, 6) is -0.125. The summed E-state index contributed by atoms with van der Waals surface area (Å²) in [5.41, 5.74) is 0.109. The lowest BCUT2D eigenvalue weighted by Gasteiger charge is -2.19. The summed E-state index contributed by atoms with van der Waals surface area (Å²) in [6.45, 7) is 6.38. The number of carbonyl (C=O) groups is 2. The van der Waals surface area contributed by atoms with Crippen molar-refractivity contribution in [2.75, 3.05) is 13.1 Å². The van der Waals surface area contributed by atoms with Gasteiger partial charge in [-0.3, -0.25) is 4.79 Å². The van der Waals surface area contributed by atoms with Crippen molar-refractivity contribution in [1.29, 1.82) is 0 Å². The Morgan fingerprint density at radius 2 is 1.67 bits per heavy atom. The molecule has 0 saturated heterocycles. The van der Waals surface area contributed by atoms with Gasteiger partial charge in [0.1, 0.15) is 5.60 Å². The van der Waals surface area contributed by atoms with E-state index in [0.717, 1.165) is 4.47 Å². The van der Waals surface area contributed by atoms with Gasteiger partial charge >= 0.3 is 6.09 Å². The first-order chi connectivity index (χ1) is 9.78. The predicted molar refractivity (Wildman–Crippen MR) is 85.3 cm³/mol. The second-order valence-corrected chi connectivity index (χ2v) is 6.46. The van der Waals surface area contributed by atoms with E-state index in [1.165, 1.54) is 0 Å². The van der Waals surface area contributed by atoms with Crippen LogP contribution >= 0.6 is 15.9 Å². The van der Waals surface area contributed by atoms with Crippen LogP contribution < -0.4 is 10.6 Å². The van der Waals surface area contributed by atoms with Gasteiger partial charge in [-0.15, -0.1) is 0 Å². The zero-order valence-electron chi connectivity index (χ0n) is 12.5. The van der Waals surface area contributed by atoms with Gasteiger partial charge in [-0.05, 0) is 51.5 Å². The molecule has 0 aliphatic heterocycles. The Balaban J connectivity index is 2.18. The van der Waals surface area contributed by atoms with Crippen LogP contribution in [-0.4, -0.2) is 30.7 Å². The molecule has 2 N–H and O–H groups in total. The molecule has 0 spiro atoms. The van der Waals surface area contributed by atoms with Crippen LogP contribution in [-0.2, 0) is 4.74 Å². The van der Waals surface area contributed by atoms with Gasteiger partial charge in [0.2, 0.25) is 0 Å². The first-order valence-electron chi connectivity index (χ1n) is 6.78. The van der Waals surface area contributed by atoms with Gasteiger partial charge in [0.25, 0.3) is 5.91 Å². The van der Waals surface area contributed by atoms with Crippen LogP contribution in [0, 0.1) is 0 Å². The molecule has 0 bridgehead atoms. The highest BCUT2D eigenvalue weighted by atomic mass is 79.9. The number of benzene rings is 1. The van der Waals surface area contributed by atoms with Crippen LogP contribution in [0.1, 0.15) is 37.6 Å². The van der Waals surface area contributed by atoms with E-state index >= 15 is 0 Å². The van der Waals surface area contributed by atoms with Crippen molar-refractivity contribution in [1.82, 2.24) is 10.6 Å². The van der Waals surface area contributed by atoms with Crippen molar-refractivity contribution in [2.24, 2.45) is 0 Å². The highest BCUT2D eigenvalue weighted by Gasteiger charge is 2.15. The van der Waals surface area contributed by atoms with Crippen molar-refractivity contribution in [3.8, 4) is 0 Å². The Bertz CT molecular complexity index is 481. The van der Waals surface area contributed by atoms with Crippen molar-refractivity contribution >= 4 is 27.9 Å². The Hall–Kier alpha value is -1.56. The van der Waals surface area contributed by atoms with Crippen LogP contribution in [0.3, 0.4) is 0 Å².